The Balaban J connectivity index is 2.03. The molecule has 0 heterocycles. The molecule has 0 radical (unpaired) electrons. The van der Waals surface area contributed by atoms with Crippen LogP contribution in [0.3, 0.4) is 0 Å². The molecule has 2 aromatic carbocycles. The van der Waals surface area contributed by atoms with Crippen LogP contribution in [0.5, 0.6) is 0 Å². The van der Waals surface area contributed by atoms with Crippen molar-refractivity contribution in [1.82, 2.24) is 5.32 Å². The predicted octanol–water partition coefficient (Wildman–Crippen LogP) is 5.65. The van der Waals surface area contributed by atoms with Crippen LogP contribution >= 0.6 is 27.7 Å². The van der Waals surface area contributed by atoms with Crippen molar-refractivity contribution >= 4 is 27.7 Å². The minimum absolute atomic E-state index is 0.680. The summed E-state index contributed by atoms with van der Waals surface area (Å²) in [6.45, 7) is 8.57. The number of hydrogen-bond donors (Lipinski definition) is 1. The molecule has 0 amide bonds. The minimum Gasteiger partial charge on any atom is -0.312 e. The Morgan fingerprint density at radius 3 is 2.57 bits per heavy atom. The van der Waals surface area contributed by atoms with Crippen molar-refractivity contribution in [3.8, 4) is 0 Å². The van der Waals surface area contributed by atoms with Gasteiger partial charge in [-0.25, -0.2) is 0 Å². The maximum atomic E-state index is 3.69. The van der Waals surface area contributed by atoms with Crippen molar-refractivity contribution in [2.75, 3.05) is 6.54 Å². The number of aryl methyl sites for hydroxylation is 1. The van der Waals surface area contributed by atoms with E-state index in [2.05, 4.69) is 84.5 Å². The molecule has 0 aromatic heterocycles. The van der Waals surface area contributed by atoms with Gasteiger partial charge < -0.3 is 5.32 Å². The molecule has 3 heteroatoms. The van der Waals surface area contributed by atoms with E-state index in [4.69, 9.17) is 0 Å². The van der Waals surface area contributed by atoms with Gasteiger partial charge in [-0.1, -0.05) is 65.8 Å². The van der Waals surface area contributed by atoms with Gasteiger partial charge in [-0.3, -0.25) is 0 Å². The van der Waals surface area contributed by atoms with Gasteiger partial charge in [-0.05, 0) is 48.7 Å². The molecular weight excluding hydrogens is 342 g/mol. The van der Waals surface area contributed by atoms with Crippen LogP contribution in [0.25, 0.3) is 0 Å². The molecule has 0 unspecified atom stereocenters. The number of halogens is 1. The maximum absolute atomic E-state index is 3.69. The van der Waals surface area contributed by atoms with Gasteiger partial charge in [-0.2, -0.15) is 0 Å². The summed E-state index contributed by atoms with van der Waals surface area (Å²) in [6.07, 6.45) is 0. The summed E-state index contributed by atoms with van der Waals surface area (Å²) in [5.41, 5.74) is 2.63. The number of hydrogen-bond acceptors (Lipinski definition) is 2. The van der Waals surface area contributed by atoms with Gasteiger partial charge in [0.2, 0.25) is 0 Å². The maximum Gasteiger partial charge on any atom is 0.0231 e. The molecule has 0 aliphatic carbocycles. The summed E-state index contributed by atoms with van der Waals surface area (Å²) in [5, 5.41) is 3.48. The lowest BCUT2D eigenvalue weighted by molar-refractivity contribution is 0.551. The lowest BCUT2D eigenvalue weighted by Crippen LogP contribution is -2.19. The van der Waals surface area contributed by atoms with Gasteiger partial charge in [0.05, 0.1) is 0 Å². The fourth-order valence-corrected chi connectivity index (χ4v) is 3.64. The molecule has 1 nitrogen and oxygen atoms in total. The van der Waals surface area contributed by atoms with Gasteiger partial charge in [0.25, 0.3) is 0 Å². The lowest BCUT2D eigenvalue weighted by atomic mass is 10.2. The van der Waals surface area contributed by atoms with Crippen LogP contribution in [0.2, 0.25) is 0 Å². The molecule has 0 fully saturated rings. The van der Waals surface area contributed by atoms with E-state index in [0.29, 0.717) is 5.92 Å². The van der Waals surface area contributed by atoms with Crippen LogP contribution in [0.1, 0.15) is 25.0 Å². The Bertz CT molecular complexity index is 596. The quantitative estimate of drug-likeness (QED) is 0.710. The second kappa shape index (κ2) is 8.02. The molecule has 0 bridgehead atoms. The first-order valence-corrected chi connectivity index (χ1v) is 8.90. The summed E-state index contributed by atoms with van der Waals surface area (Å²) in [7, 11) is 0. The normalized spacial score (nSPS) is 11.1. The van der Waals surface area contributed by atoms with Crippen LogP contribution < -0.4 is 5.32 Å². The number of rotatable bonds is 6. The fourth-order valence-electron chi connectivity index (χ4n) is 2.03. The third kappa shape index (κ3) is 5.17. The highest BCUT2D eigenvalue weighted by Gasteiger charge is 2.05. The van der Waals surface area contributed by atoms with E-state index in [9.17, 15) is 0 Å². The molecule has 0 aliphatic heterocycles. The van der Waals surface area contributed by atoms with E-state index in [-0.39, 0.29) is 0 Å². The molecule has 0 saturated heterocycles. The Morgan fingerprint density at radius 2 is 1.90 bits per heavy atom. The van der Waals surface area contributed by atoms with Crippen molar-refractivity contribution in [2.45, 2.75) is 37.1 Å². The van der Waals surface area contributed by atoms with Crippen LogP contribution in [0.4, 0.5) is 0 Å². The zero-order valence-corrected chi connectivity index (χ0v) is 15.2. The van der Waals surface area contributed by atoms with Gasteiger partial charge in [0.15, 0.2) is 0 Å². The van der Waals surface area contributed by atoms with Crippen molar-refractivity contribution in [3.05, 3.63) is 58.1 Å². The monoisotopic (exact) mass is 363 g/mol. The molecule has 2 aromatic rings. The molecule has 0 atom stereocenters. The number of nitrogens with one attached hydrogen (secondary N) is 1. The zero-order chi connectivity index (χ0) is 15.2. The second-order valence-corrected chi connectivity index (χ2v) is 7.62. The van der Waals surface area contributed by atoms with Crippen molar-refractivity contribution in [3.63, 3.8) is 0 Å². The first-order valence-electron chi connectivity index (χ1n) is 7.29. The Kier molecular flexibility index (Phi) is 6.34. The van der Waals surface area contributed by atoms with Gasteiger partial charge in [-0.15, -0.1) is 0 Å². The first-order chi connectivity index (χ1) is 10.1. The molecule has 0 spiro atoms. The average molecular weight is 364 g/mol. The van der Waals surface area contributed by atoms with Crippen LogP contribution in [0, 0.1) is 12.8 Å². The summed E-state index contributed by atoms with van der Waals surface area (Å²) in [5.74, 6) is 0.680. The molecule has 112 valence electrons. The van der Waals surface area contributed by atoms with Crippen molar-refractivity contribution < 1.29 is 0 Å². The summed E-state index contributed by atoms with van der Waals surface area (Å²) in [6, 6.07) is 15.1. The standard InChI is InChI=1S/C18H22BrNS/c1-13(2)11-20-12-15-8-9-16(10-17(15)19)21-18-7-5-4-6-14(18)3/h4-10,13,20H,11-12H2,1-3H3. The molecule has 21 heavy (non-hydrogen) atoms. The minimum atomic E-state index is 0.680. The highest BCUT2D eigenvalue weighted by Crippen LogP contribution is 2.32. The first kappa shape index (κ1) is 16.6. The molecule has 1 N–H and O–H groups in total. The zero-order valence-electron chi connectivity index (χ0n) is 12.8. The summed E-state index contributed by atoms with van der Waals surface area (Å²) >= 11 is 5.51. The van der Waals surface area contributed by atoms with Crippen LogP contribution in [0.15, 0.2) is 56.7 Å². The Labute approximate surface area is 140 Å². The third-order valence-electron chi connectivity index (χ3n) is 3.21. The van der Waals surface area contributed by atoms with E-state index in [1.807, 2.05) is 11.8 Å². The second-order valence-electron chi connectivity index (χ2n) is 5.65. The SMILES string of the molecule is Cc1ccccc1Sc1ccc(CNCC(C)C)c(Br)c1. The van der Waals surface area contributed by atoms with Crippen molar-refractivity contribution in [1.29, 1.82) is 0 Å². The topological polar surface area (TPSA) is 12.0 Å². The molecular formula is C18H22BrNS. The molecule has 0 aliphatic rings. The van der Waals surface area contributed by atoms with Crippen LogP contribution in [-0.2, 0) is 6.54 Å². The lowest BCUT2D eigenvalue weighted by Gasteiger charge is -2.11. The van der Waals surface area contributed by atoms with Crippen LogP contribution in [-0.4, -0.2) is 6.54 Å². The van der Waals surface area contributed by atoms with Gasteiger partial charge in [0, 0.05) is 20.8 Å². The summed E-state index contributed by atoms with van der Waals surface area (Å²) < 4.78 is 1.18. The van der Waals surface area contributed by atoms with E-state index >= 15 is 0 Å². The smallest absolute Gasteiger partial charge is 0.0231 e. The Hall–Kier alpha value is -0.770. The van der Waals surface area contributed by atoms with E-state index in [1.165, 1.54) is 25.4 Å². The fraction of sp³-hybridized carbons (Fsp3) is 0.333. The largest absolute Gasteiger partial charge is 0.312 e. The van der Waals surface area contributed by atoms with E-state index in [1.54, 1.807) is 0 Å². The van der Waals surface area contributed by atoms with Gasteiger partial charge >= 0.3 is 0 Å². The average Bonchev–Trinajstić information content (AvgIpc) is 2.43. The third-order valence-corrected chi connectivity index (χ3v) is 5.12. The summed E-state index contributed by atoms with van der Waals surface area (Å²) in [4.78, 5) is 2.58. The Morgan fingerprint density at radius 1 is 1.14 bits per heavy atom. The molecule has 0 saturated carbocycles. The molecule has 2 rings (SSSR count). The predicted molar refractivity (Wildman–Crippen MR) is 96.0 cm³/mol. The van der Waals surface area contributed by atoms with E-state index < -0.39 is 0 Å². The highest BCUT2D eigenvalue weighted by molar-refractivity contribution is 9.10. The van der Waals surface area contributed by atoms with Crippen molar-refractivity contribution in [2.24, 2.45) is 5.92 Å². The highest BCUT2D eigenvalue weighted by atomic mass is 79.9. The number of benzene rings is 2. The van der Waals surface area contributed by atoms with Gasteiger partial charge in [0.1, 0.15) is 0 Å². The van der Waals surface area contributed by atoms with E-state index in [0.717, 1.165) is 13.1 Å².